The first-order valence-corrected chi connectivity index (χ1v) is 6.87. The Morgan fingerprint density at radius 1 is 1.00 bits per heavy atom. The van der Waals surface area contributed by atoms with Gasteiger partial charge < -0.3 is 4.79 Å². The summed E-state index contributed by atoms with van der Waals surface area (Å²) in [4.78, 5) is 12.6. The molecule has 2 rings (SSSR count). The van der Waals surface area contributed by atoms with Crippen molar-refractivity contribution >= 4 is 18.0 Å². The highest BCUT2D eigenvalue weighted by Crippen LogP contribution is 2.41. The maximum atomic E-state index is 11.4. The van der Waals surface area contributed by atoms with Gasteiger partial charge in [0.05, 0.1) is 4.75 Å². The number of carbonyl (C=O) groups is 1. The van der Waals surface area contributed by atoms with Crippen LogP contribution >= 0.6 is 11.8 Å². The predicted molar refractivity (Wildman–Crippen MR) is 68.8 cm³/mol. The molecule has 1 aromatic carbocycles. The lowest BCUT2D eigenvalue weighted by Gasteiger charge is -2.25. The van der Waals surface area contributed by atoms with E-state index in [2.05, 4.69) is 12.1 Å². The standard InChI is InChI=1S/C14H18OS/c15-12-14(10-6-1-2-7-11-14)16-13-8-4-3-5-9-13/h3-5,8-9,12H,1-2,6-7,10-11H2. The molecule has 0 unspecified atom stereocenters. The smallest absolute Gasteiger partial charge is 0.136 e. The van der Waals surface area contributed by atoms with Crippen LogP contribution in [0.5, 0.6) is 0 Å². The average Bonchev–Trinajstić information content (AvgIpc) is 2.57. The van der Waals surface area contributed by atoms with Crippen molar-refractivity contribution in [3.63, 3.8) is 0 Å². The Labute approximate surface area is 102 Å². The first-order valence-electron chi connectivity index (χ1n) is 6.05. The number of benzene rings is 1. The monoisotopic (exact) mass is 234 g/mol. The molecular formula is C14H18OS. The number of aldehydes is 1. The van der Waals surface area contributed by atoms with E-state index in [4.69, 9.17) is 0 Å². The van der Waals surface area contributed by atoms with E-state index in [1.165, 1.54) is 36.9 Å². The Bertz CT molecular complexity index is 326. The zero-order valence-electron chi connectivity index (χ0n) is 9.52. The van der Waals surface area contributed by atoms with Gasteiger partial charge in [0, 0.05) is 4.90 Å². The molecule has 0 radical (unpaired) electrons. The summed E-state index contributed by atoms with van der Waals surface area (Å²) in [5, 5.41) is 0. The molecular weight excluding hydrogens is 216 g/mol. The third kappa shape index (κ3) is 2.88. The minimum absolute atomic E-state index is 0.155. The van der Waals surface area contributed by atoms with Crippen molar-refractivity contribution in [3.05, 3.63) is 30.3 Å². The second kappa shape index (κ2) is 5.53. The van der Waals surface area contributed by atoms with Crippen LogP contribution in [0.1, 0.15) is 38.5 Å². The van der Waals surface area contributed by atoms with E-state index >= 15 is 0 Å². The number of hydrogen-bond donors (Lipinski definition) is 0. The van der Waals surface area contributed by atoms with Crippen molar-refractivity contribution in [2.75, 3.05) is 0 Å². The molecule has 0 bridgehead atoms. The van der Waals surface area contributed by atoms with E-state index in [0.29, 0.717) is 0 Å². The molecule has 0 atom stereocenters. The van der Waals surface area contributed by atoms with Crippen LogP contribution in [0.2, 0.25) is 0 Å². The Kier molecular flexibility index (Phi) is 4.05. The van der Waals surface area contributed by atoms with Crippen LogP contribution in [0.25, 0.3) is 0 Å². The van der Waals surface area contributed by atoms with Crippen LogP contribution < -0.4 is 0 Å². The van der Waals surface area contributed by atoms with Crippen molar-refractivity contribution in [2.24, 2.45) is 0 Å². The minimum Gasteiger partial charge on any atom is -0.302 e. The molecule has 0 heterocycles. The number of carbonyl (C=O) groups excluding carboxylic acids is 1. The van der Waals surface area contributed by atoms with Crippen LogP contribution in [0.4, 0.5) is 0 Å². The van der Waals surface area contributed by atoms with Gasteiger partial charge in [-0.15, -0.1) is 11.8 Å². The Hall–Kier alpha value is -0.760. The normalized spacial score (nSPS) is 20.0. The topological polar surface area (TPSA) is 17.1 Å². The summed E-state index contributed by atoms with van der Waals surface area (Å²) in [6.07, 6.45) is 8.22. The minimum atomic E-state index is -0.155. The molecule has 86 valence electrons. The van der Waals surface area contributed by atoms with Gasteiger partial charge in [-0.2, -0.15) is 0 Å². The average molecular weight is 234 g/mol. The van der Waals surface area contributed by atoms with Gasteiger partial charge in [-0.05, 0) is 25.0 Å². The molecule has 1 aromatic rings. The molecule has 1 fully saturated rings. The maximum absolute atomic E-state index is 11.4. The highest BCUT2D eigenvalue weighted by atomic mass is 32.2. The van der Waals surface area contributed by atoms with Crippen molar-refractivity contribution < 1.29 is 4.79 Å². The molecule has 0 spiro atoms. The second-order valence-corrected chi connectivity index (χ2v) is 6.00. The van der Waals surface area contributed by atoms with Gasteiger partial charge in [-0.3, -0.25) is 0 Å². The fourth-order valence-electron chi connectivity index (χ4n) is 2.29. The van der Waals surface area contributed by atoms with E-state index in [-0.39, 0.29) is 4.75 Å². The molecule has 0 aliphatic heterocycles. The van der Waals surface area contributed by atoms with Crippen molar-refractivity contribution in [1.29, 1.82) is 0 Å². The van der Waals surface area contributed by atoms with Crippen LogP contribution in [-0.2, 0) is 4.79 Å². The van der Waals surface area contributed by atoms with Gasteiger partial charge in [0.25, 0.3) is 0 Å². The lowest BCUT2D eigenvalue weighted by molar-refractivity contribution is -0.110. The third-order valence-electron chi connectivity index (χ3n) is 3.23. The first-order chi connectivity index (χ1) is 7.85. The second-order valence-electron chi connectivity index (χ2n) is 4.51. The maximum Gasteiger partial charge on any atom is 0.136 e. The summed E-state index contributed by atoms with van der Waals surface area (Å²) < 4.78 is -0.155. The molecule has 0 amide bonds. The van der Waals surface area contributed by atoms with Crippen LogP contribution in [0, 0.1) is 0 Å². The highest BCUT2D eigenvalue weighted by Gasteiger charge is 2.31. The molecule has 1 aliphatic rings. The molecule has 0 aromatic heterocycles. The van der Waals surface area contributed by atoms with Gasteiger partial charge >= 0.3 is 0 Å². The summed E-state index contributed by atoms with van der Waals surface area (Å²) in [5.74, 6) is 0. The van der Waals surface area contributed by atoms with E-state index < -0.39 is 0 Å². The number of rotatable bonds is 3. The molecule has 1 aliphatic carbocycles. The fourth-order valence-corrected chi connectivity index (χ4v) is 3.60. The zero-order valence-corrected chi connectivity index (χ0v) is 10.3. The molecule has 0 N–H and O–H groups in total. The van der Waals surface area contributed by atoms with Crippen LogP contribution in [0.3, 0.4) is 0 Å². The highest BCUT2D eigenvalue weighted by molar-refractivity contribution is 8.01. The lowest BCUT2D eigenvalue weighted by atomic mass is 10.0. The van der Waals surface area contributed by atoms with Gasteiger partial charge in [0.1, 0.15) is 6.29 Å². The van der Waals surface area contributed by atoms with Crippen molar-refractivity contribution in [2.45, 2.75) is 48.2 Å². The van der Waals surface area contributed by atoms with E-state index in [1.807, 2.05) is 18.2 Å². The molecule has 1 saturated carbocycles. The Balaban J connectivity index is 2.11. The summed E-state index contributed by atoms with van der Waals surface area (Å²) >= 11 is 1.76. The Morgan fingerprint density at radius 2 is 1.62 bits per heavy atom. The van der Waals surface area contributed by atoms with Crippen LogP contribution in [-0.4, -0.2) is 11.0 Å². The van der Waals surface area contributed by atoms with E-state index in [1.54, 1.807) is 11.8 Å². The molecule has 0 saturated heterocycles. The first kappa shape index (κ1) is 11.7. The SMILES string of the molecule is O=CC1(Sc2ccccc2)CCCCCC1. The van der Waals surface area contributed by atoms with Gasteiger partial charge in [0.2, 0.25) is 0 Å². The quantitative estimate of drug-likeness (QED) is 0.579. The molecule has 16 heavy (non-hydrogen) atoms. The fraction of sp³-hybridized carbons (Fsp3) is 0.500. The van der Waals surface area contributed by atoms with Gasteiger partial charge in [0.15, 0.2) is 0 Å². The zero-order chi connectivity index (χ0) is 11.3. The van der Waals surface area contributed by atoms with Crippen LogP contribution in [0.15, 0.2) is 35.2 Å². The summed E-state index contributed by atoms with van der Waals surface area (Å²) in [7, 11) is 0. The van der Waals surface area contributed by atoms with Crippen molar-refractivity contribution in [3.8, 4) is 0 Å². The Morgan fingerprint density at radius 3 is 2.19 bits per heavy atom. The lowest BCUT2D eigenvalue weighted by Crippen LogP contribution is -2.25. The van der Waals surface area contributed by atoms with Gasteiger partial charge in [-0.25, -0.2) is 0 Å². The van der Waals surface area contributed by atoms with Gasteiger partial charge in [-0.1, -0.05) is 43.9 Å². The summed E-state index contributed by atoms with van der Waals surface area (Å²) in [6, 6.07) is 10.3. The molecule has 2 heteroatoms. The van der Waals surface area contributed by atoms with E-state index in [0.717, 1.165) is 12.8 Å². The number of hydrogen-bond acceptors (Lipinski definition) is 2. The van der Waals surface area contributed by atoms with E-state index in [9.17, 15) is 4.79 Å². The summed E-state index contributed by atoms with van der Waals surface area (Å²) in [5.41, 5.74) is 0. The number of thioether (sulfide) groups is 1. The largest absolute Gasteiger partial charge is 0.302 e. The predicted octanol–water partition coefficient (Wildman–Crippen LogP) is 4.07. The third-order valence-corrected chi connectivity index (χ3v) is 4.65. The molecule has 1 nitrogen and oxygen atoms in total. The summed E-state index contributed by atoms with van der Waals surface area (Å²) in [6.45, 7) is 0. The van der Waals surface area contributed by atoms with Crippen molar-refractivity contribution in [1.82, 2.24) is 0 Å².